The average Bonchev–Trinajstić information content (AvgIpc) is 3.03. The first-order chi connectivity index (χ1) is 7.72. The normalized spacial score (nSPS) is 16.5. The van der Waals surface area contributed by atoms with Gasteiger partial charge in [-0.25, -0.2) is 0 Å². The van der Waals surface area contributed by atoms with Gasteiger partial charge in [0.05, 0.1) is 0 Å². The molecule has 0 amide bonds. The minimum atomic E-state index is 0.106. The van der Waals surface area contributed by atoms with E-state index >= 15 is 0 Å². The molecule has 1 aliphatic rings. The zero-order valence-electron chi connectivity index (χ0n) is 9.49. The second-order valence-corrected chi connectivity index (χ2v) is 4.51. The molecule has 0 unspecified atom stereocenters. The molecular weight excluding hydrogens is 200 g/mol. The van der Waals surface area contributed by atoms with Crippen LogP contribution in [0.25, 0.3) is 0 Å². The summed E-state index contributed by atoms with van der Waals surface area (Å²) in [6, 6.07) is 9.85. The third-order valence-electron chi connectivity index (χ3n) is 2.92. The molecule has 1 aliphatic carbocycles. The Balaban J connectivity index is 1.91. The van der Waals surface area contributed by atoms with Crippen molar-refractivity contribution in [1.29, 1.82) is 5.26 Å². The molecule has 1 aromatic carbocycles. The van der Waals surface area contributed by atoms with Crippen molar-refractivity contribution in [1.82, 2.24) is 5.32 Å². The highest BCUT2D eigenvalue weighted by Gasteiger charge is 2.36. The highest BCUT2D eigenvalue weighted by molar-refractivity contribution is 5.28. The lowest BCUT2D eigenvalue weighted by molar-refractivity contribution is 0.367. The van der Waals surface area contributed by atoms with Crippen LogP contribution >= 0.6 is 0 Å². The average molecular weight is 216 g/mol. The predicted octanol–water partition coefficient (Wildman–Crippen LogP) is 2.23. The Kier molecular flexibility index (Phi) is 3.12. The van der Waals surface area contributed by atoms with Crippen LogP contribution in [0, 0.1) is 11.3 Å². The van der Waals surface area contributed by atoms with Crippen LogP contribution in [0.3, 0.4) is 0 Å². The molecule has 0 aromatic heterocycles. The van der Waals surface area contributed by atoms with Crippen LogP contribution in [0.15, 0.2) is 24.3 Å². The van der Waals surface area contributed by atoms with Crippen molar-refractivity contribution < 1.29 is 4.74 Å². The van der Waals surface area contributed by atoms with E-state index in [4.69, 9.17) is 10.00 Å². The molecule has 1 N–H and O–H groups in total. The third kappa shape index (κ3) is 2.98. The molecule has 84 valence electrons. The lowest BCUT2D eigenvalue weighted by Gasteiger charge is -2.11. The summed E-state index contributed by atoms with van der Waals surface area (Å²) >= 11 is 0. The highest BCUT2D eigenvalue weighted by atomic mass is 16.5. The van der Waals surface area contributed by atoms with Gasteiger partial charge in [0.25, 0.3) is 0 Å². The summed E-state index contributed by atoms with van der Waals surface area (Å²) in [5.74, 6) is 0.766. The Bertz CT molecular complexity index is 405. The maximum atomic E-state index is 8.43. The Hall–Kier alpha value is -1.53. The fourth-order valence-electron chi connectivity index (χ4n) is 1.54. The first-order valence-corrected chi connectivity index (χ1v) is 5.56. The first-order valence-electron chi connectivity index (χ1n) is 5.56. The number of hydrogen-bond donors (Lipinski definition) is 1. The summed E-state index contributed by atoms with van der Waals surface area (Å²) in [7, 11) is 0. The van der Waals surface area contributed by atoms with Crippen molar-refractivity contribution in [2.24, 2.45) is 0 Å². The van der Waals surface area contributed by atoms with E-state index in [-0.39, 0.29) is 6.61 Å². The van der Waals surface area contributed by atoms with Crippen LogP contribution in [0.1, 0.15) is 25.3 Å². The number of rotatable bonds is 5. The van der Waals surface area contributed by atoms with Crippen molar-refractivity contribution in [2.75, 3.05) is 6.61 Å². The van der Waals surface area contributed by atoms with E-state index in [2.05, 4.69) is 18.3 Å². The molecule has 1 fully saturated rings. The third-order valence-corrected chi connectivity index (χ3v) is 2.92. The Labute approximate surface area is 96.0 Å². The van der Waals surface area contributed by atoms with Crippen LogP contribution in [0.2, 0.25) is 0 Å². The van der Waals surface area contributed by atoms with Gasteiger partial charge in [-0.1, -0.05) is 12.1 Å². The predicted molar refractivity (Wildman–Crippen MR) is 62.0 cm³/mol. The van der Waals surface area contributed by atoms with Crippen LogP contribution in [-0.4, -0.2) is 12.1 Å². The first kappa shape index (κ1) is 11.0. The monoisotopic (exact) mass is 216 g/mol. The van der Waals surface area contributed by atoms with E-state index in [0.717, 1.165) is 12.3 Å². The van der Waals surface area contributed by atoms with Gasteiger partial charge >= 0.3 is 0 Å². The molecule has 2 rings (SSSR count). The highest BCUT2D eigenvalue weighted by Crippen LogP contribution is 2.34. The topological polar surface area (TPSA) is 45.0 Å². The van der Waals surface area contributed by atoms with E-state index in [1.165, 1.54) is 18.4 Å². The fourth-order valence-corrected chi connectivity index (χ4v) is 1.54. The minimum Gasteiger partial charge on any atom is -0.479 e. The maximum Gasteiger partial charge on any atom is 0.174 e. The summed E-state index contributed by atoms with van der Waals surface area (Å²) in [6.45, 7) is 3.21. The van der Waals surface area contributed by atoms with Gasteiger partial charge in [-0.05, 0) is 37.5 Å². The van der Waals surface area contributed by atoms with Gasteiger partial charge in [-0.2, -0.15) is 5.26 Å². The number of nitriles is 1. The van der Waals surface area contributed by atoms with Crippen molar-refractivity contribution in [2.45, 2.75) is 31.8 Å². The number of ether oxygens (including phenoxy) is 1. The Morgan fingerprint density at radius 2 is 2.31 bits per heavy atom. The van der Waals surface area contributed by atoms with Gasteiger partial charge in [0.2, 0.25) is 0 Å². The van der Waals surface area contributed by atoms with Gasteiger partial charge in [-0.15, -0.1) is 0 Å². The number of nitrogens with zero attached hydrogens (tertiary/aromatic N) is 1. The quantitative estimate of drug-likeness (QED) is 0.821. The number of benzene rings is 1. The molecule has 0 spiro atoms. The number of nitrogens with one attached hydrogen (secondary N) is 1. The van der Waals surface area contributed by atoms with Gasteiger partial charge in [0.15, 0.2) is 6.61 Å². The zero-order chi connectivity index (χ0) is 11.4. The molecule has 0 atom stereocenters. The Morgan fingerprint density at radius 1 is 1.50 bits per heavy atom. The molecule has 0 radical (unpaired) electrons. The molecule has 0 heterocycles. The van der Waals surface area contributed by atoms with E-state index in [0.29, 0.717) is 5.54 Å². The van der Waals surface area contributed by atoms with Gasteiger partial charge in [-0.3, -0.25) is 0 Å². The van der Waals surface area contributed by atoms with E-state index in [9.17, 15) is 0 Å². The van der Waals surface area contributed by atoms with Crippen molar-refractivity contribution in [3.8, 4) is 11.8 Å². The minimum absolute atomic E-state index is 0.106. The molecular formula is C13H16N2O. The van der Waals surface area contributed by atoms with E-state index in [1.807, 2.05) is 24.3 Å². The molecule has 0 bridgehead atoms. The van der Waals surface area contributed by atoms with Gasteiger partial charge in [0, 0.05) is 12.1 Å². The SMILES string of the molecule is CC1(NCc2cccc(OCC#N)c2)CC1. The summed E-state index contributed by atoms with van der Waals surface area (Å²) < 4.78 is 5.25. The standard InChI is InChI=1S/C13H16N2O/c1-13(5-6-13)15-10-11-3-2-4-12(9-11)16-8-7-14/h2-4,9,15H,5-6,8,10H2,1H3. The molecule has 3 nitrogen and oxygen atoms in total. The maximum absolute atomic E-state index is 8.43. The summed E-state index contributed by atoms with van der Waals surface area (Å²) in [4.78, 5) is 0. The largest absolute Gasteiger partial charge is 0.479 e. The van der Waals surface area contributed by atoms with Crippen molar-refractivity contribution in [3.63, 3.8) is 0 Å². The number of hydrogen-bond acceptors (Lipinski definition) is 3. The van der Waals surface area contributed by atoms with Crippen LogP contribution in [0.5, 0.6) is 5.75 Å². The molecule has 1 saturated carbocycles. The second-order valence-electron chi connectivity index (χ2n) is 4.51. The molecule has 3 heteroatoms. The lowest BCUT2D eigenvalue weighted by Crippen LogP contribution is -2.26. The smallest absolute Gasteiger partial charge is 0.174 e. The molecule has 0 aliphatic heterocycles. The van der Waals surface area contributed by atoms with E-state index in [1.54, 1.807) is 0 Å². The molecule has 0 saturated heterocycles. The Morgan fingerprint density at radius 3 is 3.00 bits per heavy atom. The van der Waals surface area contributed by atoms with Crippen LogP contribution in [-0.2, 0) is 6.54 Å². The lowest BCUT2D eigenvalue weighted by atomic mass is 10.2. The van der Waals surface area contributed by atoms with Gasteiger partial charge in [0.1, 0.15) is 11.8 Å². The fraction of sp³-hybridized carbons (Fsp3) is 0.462. The summed E-state index contributed by atoms with van der Waals surface area (Å²) in [5.41, 5.74) is 1.55. The van der Waals surface area contributed by atoms with Gasteiger partial charge < -0.3 is 10.1 Å². The zero-order valence-corrected chi connectivity index (χ0v) is 9.49. The van der Waals surface area contributed by atoms with Crippen LogP contribution < -0.4 is 10.1 Å². The van der Waals surface area contributed by atoms with E-state index < -0.39 is 0 Å². The summed E-state index contributed by atoms with van der Waals surface area (Å²) in [5, 5.41) is 11.9. The van der Waals surface area contributed by atoms with Crippen molar-refractivity contribution >= 4 is 0 Å². The molecule has 16 heavy (non-hydrogen) atoms. The summed E-state index contributed by atoms with van der Waals surface area (Å²) in [6.07, 6.45) is 2.52. The van der Waals surface area contributed by atoms with Crippen LogP contribution in [0.4, 0.5) is 0 Å². The second kappa shape index (κ2) is 4.54. The molecule has 1 aromatic rings. The van der Waals surface area contributed by atoms with Crippen molar-refractivity contribution in [3.05, 3.63) is 29.8 Å².